The summed E-state index contributed by atoms with van der Waals surface area (Å²) in [7, 11) is 0. The summed E-state index contributed by atoms with van der Waals surface area (Å²) in [6, 6.07) is 15.3. The van der Waals surface area contributed by atoms with Crippen molar-refractivity contribution in [1.29, 1.82) is 0 Å². The number of carbonyl (C=O) groups excluding carboxylic acids is 1. The SMILES string of the molecule is Cc1cc(N2C=NC(=O)C23CCN(Cc2ccccc2)CC3)ccc1F. The standard InChI is InChI=1S/C21H22FN3O/c1-16-13-18(7-8-19(16)22)25-15-23-20(26)21(25)9-11-24(12-10-21)14-17-5-3-2-4-6-17/h2-8,13,15H,9-12,14H2,1H3. The third-order valence-electron chi connectivity index (χ3n) is 5.50. The van der Waals surface area contributed by atoms with Crippen LogP contribution < -0.4 is 4.90 Å². The fourth-order valence-electron chi connectivity index (χ4n) is 3.91. The van der Waals surface area contributed by atoms with Crippen LogP contribution in [0.1, 0.15) is 24.0 Å². The number of anilines is 1. The van der Waals surface area contributed by atoms with E-state index in [-0.39, 0.29) is 11.7 Å². The molecule has 0 atom stereocenters. The normalized spacial score (nSPS) is 19.5. The van der Waals surface area contributed by atoms with Gasteiger partial charge in [0.2, 0.25) is 0 Å². The van der Waals surface area contributed by atoms with Crippen molar-refractivity contribution < 1.29 is 9.18 Å². The predicted octanol–water partition coefficient (Wildman–Crippen LogP) is 3.54. The predicted molar refractivity (Wildman–Crippen MR) is 101 cm³/mol. The maximum Gasteiger partial charge on any atom is 0.273 e. The van der Waals surface area contributed by atoms with Gasteiger partial charge in [-0.15, -0.1) is 0 Å². The second-order valence-electron chi connectivity index (χ2n) is 7.15. The van der Waals surface area contributed by atoms with Crippen LogP contribution in [-0.4, -0.2) is 35.8 Å². The molecule has 1 fully saturated rings. The highest BCUT2D eigenvalue weighted by Gasteiger charge is 2.49. The van der Waals surface area contributed by atoms with Crippen LogP contribution in [0, 0.1) is 12.7 Å². The number of carbonyl (C=O) groups is 1. The molecule has 0 aromatic heterocycles. The van der Waals surface area contributed by atoms with Crippen molar-refractivity contribution in [1.82, 2.24) is 4.90 Å². The van der Waals surface area contributed by atoms with E-state index >= 15 is 0 Å². The van der Waals surface area contributed by atoms with Gasteiger partial charge >= 0.3 is 0 Å². The van der Waals surface area contributed by atoms with Gasteiger partial charge in [0.05, 0.1) is 6.34 Å². The van der Waals surface area contributed by atoms with Gasteiger partial charge in [-0.3, -0.25) is 9.69 Å². The van der Waals surface area contributed by atoms with Gasteiger partial charge in [-0.1, -0.05) is 30.3 Å². The minimum absolute atomic E-state index is 0.0844. The molecule has 26 heavy (non-hydrogen) atoms. The van der Waals surface area contributed by atoms with Crippen LogP contribution in [0.3, 0.4) is 0 Å². The number of rotatable bonds is 3. The van der Waals surface area contributed by atoms with Gasteiger partial charge in [0.1, 0.15) is 11.4 Å². The molecular weight excluding hydrogens is 329 g/mol. The Morgan fingerprint density at radius 3 is 2.54 bits per heavy atom. The molecule has 0 aliphatic carbocycles. The number of aryl methyl sites for hydroxylation is 1. The van der Waals surface area contributed by atoms with E-state index in [2.05, 4.69) is 22.0 Å². The molecular formula is C21H22FN3O. The molecule has 1 spiro atoms. The Balaban J connectivity index is 1.52. The van der Waals surface area contributed by atoms with Crippen molar-refractivity contribution >= 4 is 17.9 Å². The van der Waals surface area contributed by atoms with Crippen molar-refractivity contribution in [3.63, 3.8) is 0 Å². The van der Waals surface area contributed by atoms with Crippen LogP contribution >= 0.6 is 0 Å². The van der Waals surface area contributed by atoms with Gasteiger partial charge in [0.15, 0.2) is 0 Å². The topological polar surface area (TPSA) is 35.9 Å². The van der Waals surface area contributed by atoms with E-state index in [1.807, 2.05) is 23.1 Å². The first-order valence-corrected chi connectivity index (χ1v) is 8.99. The van der Waals surface area contributed by atoms with Gasteiger partial charge in [-0.25, -0.2) is 9.38 Å². The van der Waals surface area contributed by atoms with E-state index < -0.39 is 5.54 Å². The smallest absolute Gasteiger partial charge is 0.273 e. The number of halogens is 1. The van der Waals surface area contributed by atoms with E-state index in [1.54, 1.807) is 25.4 Å². The molecule has 0 saturated carbocycles. The fourth-order valence-corrected chi connectivity index (χ4v) is 3.91. The van der Waals surface area contributed by atoms with Crippen molar-refractivity contribution in [3.05, 3.63) is 65.5 Å². The number of amides is 1. The number of hydrogen-bond donors (Lipinski definition) is 0. The number of hydrogen-bond acceptors (Lipinski definition) is 3. The molecule has 2 aliphatic heterocycles. The minimum atomic E-state index is -0.628. The molecule has 4 rings (SSSR count). The van der Waals surface area contributed by atoms with Gasteiger partial charge in [-0.2, -0.15) is 0 Å². The van der Waals surface area contributed by atoms with Crippen LogP contribution in [-0.2, 0) is 11.3 Å². The molecule has 0 N–H and O–H groups in total. The largest absolute Gasteiger partial charge is 0.317 e. The van der Waals surface area contributed by atoms with Crippen molar-refractivity contribution in [2.75, 3.05) is 18.0 Å². The third-order valence-corrected chi connectivity index (χ3v) is 5.50. The Hall–Kier alpha value is -2.53. The van der Waals surface area contributed by atoms with Crippen molar-refractivity contribution in [2.45, 2.75) is 31.8 Å². The third kappa shape index (κ3) is 2.92. The second kappa shape index (κ2) is 6.65. The first-order chi connectivity index (χ1) is 12.6. The summed E-state index contributed by atoms with van der Waals surface area (Å²) in [4.78, 5) is 21.0. The Bertz CT molecular complexity index is 842. The fraction of sp³-hybridized carbons (Fsp3) is 0.333. The summed E-state index contributed by atoms with van der Waals surface area (Å²) in [5.74, 6) is -0.318. The maximum atomic E-state index is 13.6. The van der Waals surface area contributed by atoms with Crippen molar-refractivity contribution in [2.24, 2.45) is 4.99 Å². The van der Waals surface area contributed by atoms with Gasteiger partial charge in [0.25, 0.3) is 5.91 Å². The second-order valence-corrected chi connectivity index (χ2v) is 7.15. The van der Waals surface area contributed by atoms with Crippen LogP contribution in [0.5, 0.6) is 0 Å². The lowest BCUT2D eigenvalue weighted by atomic mass is 9.85. The monoisotopic (exact) mass is 351 g/mol. The molecule has 0 bridgehead atoms. The van der Waals surface area contributed by atoms with E-state index in [1.165, 1.54) is 11.6 Å². The summed E-state index contributed by atoms with van der Waals surface area (Å²) in [6.07, 6.45) is 3.05. The number of piperidine rings is 1. The lowest BCUT2D eigenvalue weighted by molar-refractivity contribution is -0.123. The Labute approximate surface area is 153 Å². The minimum Gasteiger partial charge on any atom is -0.317 e. The van der Waals surface area contributed by atoms with Gasteiger partial charge in [0, 0.05) is 25.3 Å². The highest BCUT2D eigenvalue weighted by atomic mass is 19.1. The lowest BCUT2D eigenvalue weighted by Gasteiger charge is -2.43. The van der Waals surface area contributed by atoms with E-state index in [9.17, 15) is 9.18 Å². The number of likely N-dealkylation sites (tertiary alicyclic amines) is 1. The summed E-state index contributed by atoms with van der Waals surface area (Å²) in [6.45, 7) is 4.30. The summed E-state index contributed by atoms with van der Waals surface area (Å²) in [5, 5.41) is 0. The molecule has 4 nitrogen and oxygen atoms in total. The molecule has 1 saturated heterocycles. The van der Waals surface area contributed by atoms with Crippen LogP contribution in [0.4, 0.5) is 10.1 Å². The van der Waals surface area contributed by atoms with E-state index in [4.69, 9.17) is 0 Å². The molecule has 0 unspecified atom stereocenters. The van der Waals surface area contributed by atoms with E-state index in [0.29, 0.717) is 5.56 Å². The molecule has 2 heterocycles. The molecule has 2 aromatic carbocycles. The van der Waals surface area contributed by atoms with Gasteiger partial charge in [-0.05, 0) is 49.1 Å². The Kier molecular flexibility index (Phi) is 4.32. The maximum absolute atomic E-state index is 13.6. The average Bonchev–Trinajstić information content (AvgIpc) is 2.97. The Morgan fingerprint density at radius 2 is 1.85 bits per heavy atom. The van der Waals surface area contributed by atoms with Gasteiger partial charge < -0.3 is 4.90 Å². The zero-order chi connectivity index (χ0) is 18.1. The molecule has 2 aliphatic rings. The first-order valence-electron chi connectivity index (χ1n) is 8.99. The highest BCUT2D eigenvalue weighted by molar-refractivity contribution is 6.08. The Morgan fingerprint density at radius 1 is 1.12 bits per heavy atom. The lowest BCUT2D eigenvalue weighted by Crippen LogP contribution is -2.56. The zero-order valence-corrected chi connectivity index (χ0v) is 14.9. The molecule has 1 amide bonds. The molecule has 2 aromatic rings. The van der Waals surface area contributed by atoms with E-state index in [0.717, 1.165) is 38.2 Å². The van der Waals surface area contributed by atoms with Crippen LogP contribution in [0.15, 0.2) is 53.5 Å². The number of nitrogens with zero attached hydrogens (tertiary/aromatic N) is 3. The number of benzene rings is 2. The summed E-state index contributed by atoms with van der Waals surface area (Å²) in [5.41, 5.74) is 2.06. The van der Waals surface area contributed by atoms with Crippen molar-refractivity contribution in [3.8, 4) is 0 Å². The molecule has 5 heteroatoms. The van der Waals surface area contributed by atoms with Crippen LogP contribution in [0.25, 0.3) is 0 Å². The highest BCUT2D eigenvalue weighted by Crippen LogP contribution is 2.37. The zero-order valence-electron chi connectivity index (χ0n) is 14.9. The quantitative estimate of drug-likeness (QED) is 0.848. The summed E-state index contributed by atoms with van der Waals surface area (Å²) < 4.78 is 13.6. The molecule has 134 valence electrons. The number of aliphatic imine (C=N–C) groups is 1. The summed E-state index contributed by atoms with van der Waals surface area (Å²) >= 11 is 0. The average molecular weight is 351 g/mol. The van der Waals surface area contributed by atoms with Crippen LogP contribution in [0.2, 0.25) is 0 Å². The first kappa shape index (κ1) is 16.9. The molecule has 0 radical (unpaired) electrons.